The molecule has 0 saturated carbocycles. The summed E-state index contributed by atoms with van der Waals surface area (Å²) in [5, 5.41) is 6.28. The van der Waals surface area contributed by atoms with Crippen LogP contribution in [0.15, 0.2) is 35.2 Å². The summed E-state index contributed by atoms with van der Waals surface area (Å²) in [5.41, 5.74) is 0. The van der Waals surface area contributed by atoms with Crippen molar-refractivity contribution in [2.45, 2.75) is 36.6 Å². The summed E-state index contributed by atoms with van der Waals surface area (Å²) in [6.07, 6.45) is 5.67. The van der Waals surface area contributed by atoms with Crippen molar-refractivity contribution < 1.29 is 13.2 Å². The molecule has 26 heavy (non-hydrogen) atoms. The zero-order valence-corrected chi connectivity index (χ0v) is 16.9. The van der Waals surface area contributed by atoms with Gasteiger partial charge in [0.05, 0.1) is 4.90 Å². The minimum atomic E-state index is -3.71. The van der Waals surface area contributed by atoms with Crippen LogP contribution in [-0.4, -0.2) is 52.0 Å². The lowest BCUT2D eigenvalue weighted by molar-refractivity contribution is -0.122. The van der Waals surface area contributed by atoms with Gasteiger partial charge in [-0.3, -0.25) is 4.79 Å². The van der Waals surface area contributed by atoms with Gasteiger partial charge in [0.25, 0.3) is 0 Å². The van der Waals surface area contributed by atoms with Crippen molar-refractivity contribution in [3.8, 4) is 0 Å². The normalized spacial score (nSPS) is 19.0. The summed E-state index contributed by atoms with van der Waals surface area (Å²) in [7, 11) is -3.71. The van der Waals surface area contributed by atoms with E-state index < -0.39 is 16.1 Å². The molecule has 1 fully saturated rings. The number of rotatable bonds is 10. The lowest BCUT2D eigenvalue weighted by Gasteiger charge is -2.23. The largest absolute Gasteiger partial charge is 0.355 e. The first kappa shape index (κ1) is 21.2. The second-order valence-electron chi connectivity index (χ2n) is 6.56. The Kier molecular flexibility index (Phi) is 8.90. The van der Waals surface area contributed by atoms with Crippen LogP contribution in [0.4, 0.5) is 0 Å². The van der Waals surface area contributed by atoms with Gasteiger partial charge < -0.3 is 10.6 Å². The number of carbonyl (C=O) groups excluding carboxylic acids is 1. The van der Waals surface area contributed by atoms with E-state index in [2.05, 4.69) is 15.4 Å². The van der Waals surface area contributed by atoms with E-state index in [1.165, 1.54) is 25.0 Å². The van der Waals surface area contributed by atoms with E-state index in [9.17, 15) is 13.2 Å². The monoisotopic (exact) mass is 399 g/mol. The van der Waals surface area contributed by atoms with Gasteiger partial charge in [-0.1, -0.05) is 18.2 Å². The molecule has 6 nitrogen and oxygen atoms in total. The molecule has 2 unspecified atom stereocenters. The van der Waals surface area contributed by atoms with Gasteiger partial charge in [-0.05, 0) is 68.8 Å². The van der Waals surface area contributed by atoms with Crippen LogP contribution in [0.5, 0.6) is 0 Å². The average Bonchev–Trinajstić information content (AvgIpc) is 2.66. The maximum Gasteiger partial charge on any atom is 0.241 e. The van der Waals surface area contributed by atoms with Crippen LogP contribution in [0.1, 0.15) is 25.7 Å². The Bertz CT molecular complexity index is 647. The van der Waals surface area contributed by atoms with Crippen LogP contribution in [0.2, 0.25) is 0 Å². The summed E-state index contributed by atoms with van der Waals surface area (Å²) in [5.74, 6) is 1.04. The molecule has 0 spiro atoms. The van der Waals surface area contributed by atoms with Gasteiger partial charge in [0.15, 0.2) is 0 Å². The van der Waals surface area contributed by atoms with E-state index in [4.69, 9.17) is 0 Å². The zero-order valence-electron chi connectivity index (χ0n) is 15.2. The molecular formula is C18H29N3O3S2. The minimum absolute atomic E-state index is 0.176. The van der Waals surface area contributed by atoms with Crippen LogP contribution in [0.3, 0.4) is 0 Å². The number of piperidine rings is 1. The fourth-order valence-corrected chi connectivity index (χ4v) is 4.75. The highest BCUT2D eigenvalue weighted by atomic mass is 32.2. The fraction of sp³-hybridized carbons (Fsp3) is 0.611. The number of benzene rings is 1. The molecule has 2 rings (SSSR count). The second kappa shape index (κ2) is 10.9. The topological polar surface area (TPSA) is 87.3 Å². The van der Waals surface area contributed by atoms with Gasteiger partial charge in [0, 0.05) is 6.54 Å². The summed E-state index contributed by atoms with van der Waals surface area (Å²) in [6, 6.07) is 7.41. The first-order valence-corrected chi connectivity index (χ1v) is 12.0. The SMILES string of the molecule is CSCCC(NS(=O)(=O)c1ccccc1)C(=O)NCCC1CCCNC1. The Hall–Kier alpha value is -1.09. The molecule has 0 aromatic heterocycles. The van der Waals surface area contributed by atoms with Crippen molar-refractivity contribution in [3.05, 3.63) is 30.3 Å². The molecule has 1 aromatic rings. The quantitative estimate of drug-likeness (QED) is 0.556. The predicted molar refractivity (Wildman–Crippen MR) is 107 cm³/mol. The van der Waals surface area contributed by atoms with Gasteiger partial charge >= 0.3 is 0 Å². The van der Waals surface area contributed by atoms with Gasteiger partial charge in [-0.25, -0.2) is 8.42 Å². The van der Waals surface area contributed by atoms with Crippen LogP contribution < -0.4 is 15.4 Å². The molecule has 1 amide bonds. The second-order valence-corrected chi connectivity index (χ2v) is 9.26. The molecule has 8 heteroatoms. The van der Waals surface area contributed by atoms with E-state index in [0.29, 0.717) is 24.6 Å². The number of thioether (sulfide) groups is 1. The molecule has 3 N–H and O–H groups in total. The summed E-state index contributed by atoms with van der Waals surface area (Å²) >= 11 is 1.59. The van der Waals surface area contributed by atoms with Crippen molar-refractivity contribution in [2.24, 2.45) is 5.92 Å². The molecule has 2 atom stereocenters. The van der Waals surface area contributed by atoms with Crippen molar-refractivity contribution in [1.82, 2.24) is 15.4 Å². The smallest absolute Gasteiger partial charge is 0.241 e. The Labute approximate surface area is 160 Å². The van der Waals surface area contributed by atoms with Gasteiger partial charge in [-0.15, -0.1) is 0 Å². The van der Waals surface area contributed by atoms with Crippen LogP contribution in [-0.2, 0) is 14.8 Å². The Balaban J connectivity index is 1.91. The van der Waals surface area contributed by atoms with Gasteiger partial charge in [0.2, 0.25) is 15.9 Å². The first-order valence-electron chi connectivity index (χ1n) is 9.07. The standard InChI is InChI=1S/C18H29N3O3S2/c1-25-13-10-17(21-26(23,24)16-7-3-2-4-8-16)18(22)20-12-9-15-6-5-11-19-14-15/h2-4,7-8,15,17,19,21H,5-6,9-14H2,1H3,(H,20,22). The molecule has 0 bridgehead atoms. The van der Waals surface area contributed by atoms with Crippen LogP contribution >= 0.6 is 11.8 Å². The number of amides is 1. The Morgan fingerprint density at radius 2 is 2.12 bits per heavy atom. The predicted octanol–water partition coefficient (Wildman–Crippen LogP) is 1.59. The molecular weight excluding hydrogens is 370 g/mol. The lowest BCUT2D eigenvalue weighted by Crippen LogP contribution is -2.47. The fourth-order valence-electron chi connectivity index (χ4n) is 3.03. The highest BCUT2D eigenvalue weighted by Crippen LogP contribution is 2.13. The molecule has 1 aromatic carbocycles. The number of hydrogen-bond acceptors (Lipinski definition) is 5. The summed E-state index contributed by atoms with van der Waals surface area (Å²) < 4.78 is 27.6. The van der Waals surface area contributed by atoms with Crippen molar-refractivity contribution in [3.63, 3.8) is 0 Å². The molecule has 0 radical (unpaired) electrons. The molecule has 1 saturated heterocycles. The zero-order chi connectivity index (χ0) is 18.8. The molecule has 1 aliphatic heterocycles. The van der Waals surface area contributed by atoms with Crippen molar-refractivity contribution >= 4 is 27.7 Å². The summed E-state index contributed by atoms with van der Waals surface area (Å²) in [4.78, 5) is 12.7. The third-order valence-electron chi connectivity index (χ3n) is 4.53. The highest BCUT2D eigenvalue weighted by Gasteiger charge is 2.25. The van der Waals surface area contributed by atoms with Gasteiger partial charge in [0.1, 0.15) is 6.04 Å². The van der Waals surface area contributed by atoms with Crippen LogP contribution in [0, 0.1) is 5.92 Å². The van der Waals surface area contributed by atoms with E-state index in [0.717, 1.165) is 19.5 Å². The van der Waals surface area contributed by atoms with Crippen molar-refractivity contribution in [1.29, 1.82) is 0 Å². The Morgan fingerprint density at radius 1 is 1.35 bits per heavy atom. The van der Waals surface area contributed by atoms with E-state index in [-0.39, 0.29) is 10.8 Å². The number of hydrogen-bond donors (Lipinski definition) is 3. The van der Waals surface area contributed by atoms with Gasteiger partial charge in [-0.2, -0.15) is 16.5 Å². The average molecular weight is 400 g/mol. The minimum Gasteiger partial charge on any atom is -0.355 e. The molecule has 0 aliphatic carbocycles. The lowest BCUT2D eigenvalue weighted by atomic mass is 9.96. The molecule has 1 heterocycles. The molecule has 1 aliphatic rings. The van der Waals surface area contributed by atoms with E-state index >= 15 is 0 Å². The number of sulfonamides is 1. The number of nitrogens with one attached hydrogen (secondary N) is 3. The third-order valence-corrected chi connectivity index (χ3v) is 6.66. The van der Waals surface area contributed by atoms with E-state index in [1.54, 1.807) is 30.0 Å². The maximum atomic E-state index is 12.5. The first-order chi connectivity index (χ1) is 12.5. The van der Waals surface area contributed by atoms with E-state index in [1.807, 2.05) is 6.26 Å². The third kappa shape index (κ3) is 6.90. The summed E-state index contributed by atoms with van der Waals surface area (Å²) in [6.45, 7) is 2.64. The van der Waals surface area contributed by atoms with Crippen LogP contribution in [0.25, 0.3) is 0 Å². The number of carbonyl (C=O) groups is 1. The highest BCUT2D eigenvalue weighted by molar-refractivity contribution is 7.98. The Morgan fingerprint density at radius 3 is 2.77 bits per heavy atom. The maximum absolute atomic E-state index is 12.5. The van der Waals surface area contributed by atoms with Crippen molar-refractivity contribution in [2.75, 3.05) is 31.6 Å². The molecule has 146 valence electrons.